The van der Waals surface area contributed by atoms with Crippen molar-refractivity contribution in [2.24, 2.45) is 0 Å². The molecule has 1 aromatic heterocycles. The van der Waals surface area contributed by atoms with Crippen LogP contribution in [0.3, 0.4) is 0 Å². The quantitative estimate of drug-likeness (QED) is 0.684. The number of hydrogen-bond donors (Lipinski definition) is 3. The van der Waals surface area contributed by atoms with Gasteiger partial charge in [-0.2, -0.15) is 0 Å². The SMILES string of the molecule is CN(C)CC(C)(O)CNc1cnccc1C(=O)O. The number of aromatic nitrogens is 1. The van der Waals surface area contributed by atoms with Gasteiger partial charge >= 0.3 is 5.97 Å². The predicted octanol–water partition coefficient (Wildman–Crippen LogP) is 0.504. The lowest BCUT2D eigenvalue weighted by Gasteiger charge is -2.27. The van der Waals surface area contributed by atoms with Crippen molar-refractivity contribution >= 4 is 11.7 Å². The first-order valence-electron chi connectivity index (χ1n) is 5.60. The van der Waals surface area contributed by atoms with Gasteiger partial charge < -0.3 is 20.4 Å². The van der Waals surface area contributed by atoms with Gasteiger partial charge in [0.05, 0.1) is 23.0 Å². The zero-order valence-electron chi connectivity index (χ0n) is 10.8. The number of rotatable bonds is 6. The van der Waals surface area contributed by atoms with E-state index in [9.17, 15) is 9.90 Å². The first-order valence-corrected chi connectivity index (χ1v) is 5.60. The van der Waals surface area contributed by atoms with Crippen LogP contribution in [0.2, 0.25) is 0 Å². The molecule has 100 valence electrons. The Morgan fingerprint density at radius 3 is 2.78 bits per heavy atom. The number of hydrogen-bond acceptors (Lipinski definition) is 5. The van der Waals surface area contributed by atoms with E-state index in [2.05, 4.69) is 10.3 Å². The monoisotopic (exact) mass is 253 g/mol. The Morgan fingerprint density at radius 1 is 1.56 bits per heavy atom. The summed E-state index contributed by atoms with van der Waals surface area (Å²) in [6.45, 7) is 2.41. The molecule has 1 atom stereocenters. The van der Waals surface area contributed by atoms with E-state index in [1.54, 1.807) is 6.92 Å². The van der Waals surface area contributed by atoms with E-state index in [-0.39, 0.29) is 12.1 Å². The number of nitrogens with zero attached hydrogens (tertiary/aromatic N) is 2. The van der Waals surface area contributed by atoms with Crippen LogP contribution in [0.4, 0.5) is 5.69 Å². The number of aromatic carboxylic acids is 1. The van der Waals surface area contributed by atoms with E-state index in [0.29, 0.717) is 12.2 Å². The molecule has 0 saturated carbocycles. The average Bonchev–Trinajstić information content (AvgIpc) is 2.25. The average molecular weight is 253 g/mol. The number of carboxylic acid groups (broad SMARTS) is 1. The third-order valence-corrected chi connectivity index (χ3v) is 2.37. The van der Waals surface area contributed by atoms with Gasteiger partial charge in [0.25, 0.3) is 0 Å². The highest BCUT2D eigenvalue weighted by molar-refractivity contribution is 5.93. The number of nitrogens with one attached hydrogen (secondary N) is 1. The fourth-order valence-corrected chi connectivity index (χ4v) is 1.74. The number of anilines is 1. The van der Waals surface area contributed by atoms with Gasteiger partial charge in [-0.1, -0.05) is 0 Å². The van der Waals surface area contributed by atoms with Crippen molar-refractivity contribution in [3.05, 3.63) is 24.0 Å². The second-order valence-corrected chi connectivity index (χ2v) is 4.81. The van der Waals surface area contributed by atoms with Crippen molar-refractivity contribution < 1.29 is 15.0 Å². The highest BCUT2D eigenvalue weighted by Gasteiger charge is 2.22. The molecule has 0 bridgehead atoms. The fourth-order valence-electron chi connectivity index (χ4n) is 1.74. The summed E-state index contributed by atoms with van der Waals surface area (Å²) < 4.78 is 0. The van der Waals surface area contributed by atoms with E-state index in [1.807, 2.05) is 19.0 Å². The van der Waals surface area contributed by atoms with E-state index in [0.717, 1.165) is 0 Å². The van der Waals surface area contributed by atoms with Crippen molar-refractivity contribution in [1.82, 2.24) is 9.88 Å². The maximum Gasteiger partial charge on any atom is 0.337 e. The van der Waals surface area contributed by atoms with Crippen LogP contribution in [0.1, 0.15) is 17.3 Å². The minimum absolute atomic E-state index is 0.144. The normalized spacial score (nSPS) is 14.3. The van der Waals surface area contributed by atoms with Crippen molar-refractivity contribution in [2.75, 3.05) is 32.5 Å². The number of carbonyl (C=O) groups is 1. The molecule has 1 aromatic rings. The van der Waals surface area contributed by atoms with Crippen molar-refractivity contribution in [2.45, 2.75) is 12.5 Å². The Labute approximate surface area is 106 Å². The summed E-state index contributed by atoms with van der Waals surface area (Å²) in [6.07, 6.45) is 2.86. The highest BCUT2D eigenvalue weighted by Crippen LogP contribution is 2.15. The van der Waals surface area contributed by atoms with Gasteiger partial charge in [-0.15, -0.1) is 0 Å². The van der Waals surface area contributed by atoms with Crippen LogP contribution in [0.5, 0.6) is 0 Å². The Balaban J connectivity index is 2.71. The summed E-state index contributed by atoms with van der Waals surface area (Å²) in [6, 6.07) is 1.42. The zero-order chi connectivity index (χ0) is 13.8. The third-order valence-electron chi connectivity index (χ3n) is 2.37. The third kappa shape index (κ3) is 4.31. The maximum atomic E-state index is 11.0. The molecule has 0 aliphatic carbocycles. The van der Waals surface area contributed by atoms with E-state index < -0.39 is 11.6 Å². The van der Waals surface area contributed by atoms with Crippen LogP contribution in [-0.4, -0.2) is 58.9 Å². The molecule has 6 heteroatoms. The number of aliphatic hydroxyl groups is 1. The molecule has 0 spiro atoms. The van der Waals surface area contributed by atoms with E-state index >= 15 is 0 Å². The molecule has 3 N–H and O–H groups in total. The highest BCUT2D eigenvalue weighted by atomic mass is 16.4. The topological polar surface area (TPSA) is 85.7 Å². The van der Waals surface area contributed by atoms with Crippen LogP contribution in [0.15, 0.2) is 18.5 Å². The van der Waals surface area contributed by atoms with Crippen molar-refractivity contribution in [3.63, 3.8) is 0 Å². The van der Waals surface area contributed by atoms with Gasteiger partial charge in [0, 0.05) is 19.3 Å². The molecule has 0 saturated heterocycles. The molecule has 0 radical (unpaired) electrons. The zero-order valence-corrected chi connectivity index (χ0v) is 10.8. The van der Waals surface area contributed by atoms with Gasteiger partial charge in [-0.3, -0.25) is 4.98 Å². The van der Waals surface area contributed by atoms with Crippen molar-refractivity contribution in [1.29, 1.82) is 0 Å². The van der Waals surface area contributed by atoms with Gasteiger partial charge in [0.1, 0.15) is 0 Å². The molecule has 1 heterocycles. The van der Waals surface area contributed by atoms with Crippen molar-refractivity contribution in [3.8, 4) is 0 Å². The van der Waals surface area contributed by atoms with Gasteiger partial charge in [-0.25, -0.2) is 4.79 Å². The van der Waals surface area contributed by atoms with Crippen LogP contribution in [0.25, 0.3) is 0 Å². The lowest BCUT2D eigenvalue weighted by Crippen LogP contribution is -2.43. The molecule has 1 rings (SSSR count). The van der Waals surface area contributed by atoms with E-state index in [1.165, 1.54) is 18.5 Å². The smallest absolute Gasteiger partial charge is 0.337 e. The van der Waals surface area contributed by atoms with Crippen LogP contribution < -0.4 is 5.32 Å². The fraction of sp³-hybridized carbons (Fsp3) is 0.500. The lowest BCUT2D eigenvalue weighted by molar-refractivity contribution is 0.0458. The lowest BCUT2D eigenvalue weighted by atomic mass is 10.1. The second-order valence-electron chi connectivity index (χ2n) is 4.81. The number of carboxylic acids is 1. The molecule has 0 amide bonds. The van der Waals surface area contributed by atoms with Gasteiger partial charge in [-0.05, 0) is 27.1 Å². The summed E-state index contributed by atoms with van der Waals surface area (Å²) in [7, 11) is 3.72. The first kappa shape index (κ1) is 14.4. The van der Waals surface area contributed by atoms with Crippen LogP contribution in [-0.2, 0) is 0 Å². The molecule has 18 heavy (non-hydrogen) atoms. The maximum absolute atomic E-state index is 11.0. The Morgan fingerprint density at radius 2 is 2.22 bits per heavy atom. The molecule has 0 aromatic carbocycles. The summed E-state index contributed by atoms with van der Waals surface area (Å²) >= 11 is 0. The Kier molecular flexibility index (Phi) is 4.63. The number of pyridine rings is 1. The minimum Gasteiger partial charge on any atom is -0.478 e. The van der Waals surface area contributed by atoms with Gasteiger partial charge in [0.15, 0.2) is 0 Å². The molecule has 0 fully saturated rings. The number of likely N-dealkylation sites (N-methyl/N-ethyl adjacent to an activating group) is 1. The Bertz CT molecular complexity index is 419. The van der Waals surface area contributed by atoms with Gasteiger partial charge in [0.2, 0.25) is 0 Å². The summed E-state index contributed by atoms with van der Waals surface area (Å²) in [5.74, 6) is -1.02. The molecule has 6 nitrogen and oxygen atoms in total. The largest absolute Gasteiger partial charge is 0.478 e. The minimum atomic E-state index is -1.02. The summed E-state index contributed by atoms with van der Waals surface area (Å²) in [5, 5.41) is 22.0. The molecular weight excluding hydrogens is 234 g/mol. The molecule has 0 aliphatic heterocycles. The second kappa shape index (κ2) is 5.79. The molecule has 0 aliphatic rings. The first-order chi connectivity index (χ1) is 8.32. The van der Waals surface area contributed by atoms with Crippen LogP contribution in [0, 0.1) is 0 Å². The standard InChI is InChI=1S/C12H19N3O3/c1-12(18,8-15(2)3)7-14-10-6-13-5-4-9(10)11(16)17/h4-6,14,18H,7-8H2,1-3H3,(H,16,17). The predicted molar refractivity (Wildman–Crippen MR) is 68.9 cm³/mol. The molecule has 1 unspecified atom stereocenters. The van der Waals surface area contributed by atoms with E-state index in [4.69, 9.17) is 5.11 Å². The summed E-state index contributed by atoms with van der Waals surface area (Å²) in [5.41, 5.74) is -0.399. The Hall–Kier alpha value is -1.66. The summed E-state index contributed by atoms with van der Waals surface area (Å²) in [4.78, 5) is 16.7. The molecular formula is C12H19N3O3. The van der Waals surface area contributed by atoms with Crippen LogP contribution >= 0.6 is 0 Å².